The van der Waals surface area contributed by atoms with Crippen LogP contribution in [0.2, 0.25) is 0 Å². The number of benzene rings is 2. The molecule has 0 aliphatic rings. The van der Waals surface area contributed by atoms with E-state index in [0.29, 0.717) is 21.6 Å². The average Bonchev–Trinajstić information content (AvgIpc) is 3.15. The number of hydrazone groups is 1. The van der Waals surface area contributed by atoms with Crippen molar-refractivity contribution in [1.82, 2.24) is 15.6 Å². The maximum Gasteiger partial charge on any atom is 0.257 e. The molecule has 0 aliphatic heterocycles. The van der Waals surface area contributed by atoms with Crippen LogP contribution in [0.5, 0.6) is 0 Å². The van der Waals surface area contributed by atoms with E-state index in [1.54, 1.807) is 30.5 Å². The number of rotatable bonds is 7. The van der Waals surface area contributed by atoms with Crippen molar-refractivity contribution in [1.29, 1.82) is 0 Å². The summed E-state index contributed by atoms with van der Waals surface area (Å²) < 4.78 is 0. The van der Waals surface area contributed by atoms with Gasteiger partial charge in [0.1, 0.15) is 5.01 Å². The molecule has 0 unspecified atom stereocenters. The summed E-state index contributed by atoms with van der Waals surface area (Å²) in [4.78, 5) is 24.1. The van der Waals surface area contributed by atoms with Gasteiger partial charge < -0.3 is 0 Å². The van der Waals surface area contributed by atoms with E-state index in [9.17, 15) is 9.59 Å². The molecule has 2 amide bonds. The summed E-state index contributed by atoms with van der Waals surface area (Å²) in [6.45, 7) is 4.27. The number of anilines is 1. The summed E-state index contributed by atoms with van der Waals surface area (Å²) >= 11 is 1.15. The highest BCUT2D eigenvalue weighted by molar-refractivity contribution is 7.15. The van der Waals surface area contributed by atoms with Gasteiger partial charge in [0.05, 0.1) is 12.6 Å². The Morgan fingerprint density at radius 3 is 2.48 bits per heavy atom. The summed E-state index contributed by atoms with van der Waals surface area (Å²) in [6, 6.07) is 16.8. The molecule has 8 heteroatoms. The van der Waals surface area contributed by atoms with Gasteiger partial charge in [-0.3, -0.25) is 14.9 Å². The average molecular weight is 407 g/mol. The standard InChI is InChI=1S/C21H21N5O2S/c1-14(2)16-10-8-15(9-11-16)13-22-24-18(27)12-19-25-26-21(29-19)23-20(28)17-6-4-3-5-7-17/h3-11,13-14H,12H2,1-2H3,(H,24,27)(H,23,26,28)/b22-13-. The fourth-order valence-corrected chi connectivity index (χ4v) is 3.19. The lowest BCUT2D eigenvalue weighted by atomic mass is 10.0. The number of hydrogen-bond acceptors (Lipinski definition) is 6. The Morgan fingerprint density at radius 2 is 1.79 bits per heavy atom. The molecule has 0 saturated carbocycles. The normalized spacial score (nSPS) is 11.0. The van der Waals surface area contributed by atoms with E-state index in [1.165, 1.54) is 5.56 Å². The lowest BCUT2D eigenvalue weighted by Gasteiger charge is -2.04. The topological polar surface area (TPSA) is 96.3 Å². The molecule has 3 aromatic rings. The van der Waals surface area contributed by atoms with Gasteiger partial charge in [0, 0.05) is 5.56 Å². The summed E-state index contributed by atoms with van der Waals surface area (Å²) in [5, 5.41) is 15.3. The predicted molar refractivity (Wildman–Crippen MR) is 114 cm³/mol. The van der Waals surface area contributed by atoms with Gasteiger partial charge in [0.25, 0.3) is 5.91 Å². The maximum absolute atomic E-state index is 12.1. The highest BCUT2D eigenvalue weighted by Crippen LogP contribution is 2.17. The van der Waals surface area contributed by atoms with Gasteiger partial charge in [0.15, 0.2) is 0 Å². The number of hydrogen-bond donors (Lipinski definition) is 2. The first-order valence-electron chi connectivity index (χ1n) is 9.12. The van der Waals surface area contributed by atoms with Crippen LogP contribution in [0.4, 0.5) is 5.13 Å². The molecule has 1 aromatic heterocycles. The van der Waals surface area contributed by atoms with Crippen molar-refractivity contribution in [3.63, 3.8) is 0 Å². The minimum atomic E-state index is -0.308. The number of aromatic nitrogens is 2. The molecule has 29 heavy (non-hydrogen) atoms. The fourth-order valence-electron chi connectivity index (χ4n) is 2.46. The monoisotopic (exact) mass is 407 g/mol. The van der Waals surface area contributed by atoms with E-state index in [4.69, 9.17) is 0 Å². The van der Waals surface area contributed by atoms with E-state index < -0.39 is 0 Å². The Labute approximate surface area is 172 Å². The van der Waals surface area contributed by atoms with Crippen LogP contribution in [0.1, 0.15) is 46.3 Å². The molecule has 0 radical (unpaired) electrons. The minimum absolute atomic E-state index is 0.0303. The smallest absolute Gasteiger partial charge is 0.257 e. The van der Waals surface area contributed by atoms with Crippen molar-refractivity contribution in [3.8, 4) is 0 Å². The molecule has 1 heterocycles. The number of carbonyl (C=O) groups excluding carboxylic acids is 2. The molecular weight excluding hydrogens is 386 g/mol. The van der Waals surface area contributed by atoms with Crippen molar-refractivity contribution in [2.45, 2.75) is 26.2 Å². The second-order valence-corrected chi connectivity index (χ2v) is 7.67. The molecule has 0 fully saturated rings. The first kappa shape index (κ1) is 20.3. The molecule has 0 aliphatic carbocycles. The number of carbonyl (C=O) groups is 2. The predicted octanol–water partition coefficient (Wildman–Crippen LogP) is 3.61. The molecule has 7 nitrogen and oxygen atoms in total. The van der Waals surface area contributed by atoms with Crippen molar-refractivity contribution in [2.75, 3.05) is 5.32 Å². The molecule has 0 spiro atoms. The fraction of sp³-hybridized carbons (Fsp3) is 0.190. The highest BCUT2D eigenvalue weighted by Gasteiger charge is 2.12. The SMILES string of the molecule is CC(C)c1ccc(/C=N\NC(=O)Cc2nnc(NC(=O)c3ccccc3)s2)cc1. The molecule has 0 bridgehead atoms. The molecule has 2 N–H and O–H groups in total. The van der Waals surface area contributed by atoms with Gasteiger partial charge in [-0.05, 0) is 29.2 Å². The highest BCUT2D eigenvalue weighted by atomic mass is 32.1. The molecular formula is C21H21N5O2S. The summed E-state index contributed by atoms with van der Waals surface area (Å²) in [7, 11) is 0. The third-order valence-electron chi connectivity index (χ3n) is 4.04. The molecule has 148 valence electrons. The van der Waals surface area contributed by atoms with Gasteiger partial charge in [0.2, 0.25) is 11.0 Å². The molecule has 0 saturated heterocycles. The van der Waals surface area contributed by atoms with E-state index in [-0.39, 0.29) is 18.2 Å². The van der Waals surface area contributed by atoms with E-state index in [1.807, 2.05) is 30.3 Å². The minimum Gasteiger partial charge on any atom is -0.296 e. The van der Waals surface area contributed by atoms with Crippen LogP contribution < -0.4 is 10.7 Å². The zero-order chi connectivity index (χ0) is 20.6. The van der Waals surface area contributed by atoms with E-state index in [2.05, 4.69) is 39.9 Å². The van der Waals surface area contributed by atoms with Gasteiger partial charge in [-0.15, -0.1) is 10.2 Å². The Balaban J connectivity index is 1.49. The zero-order valence-corrected chi connectivity index (χ0v) is 16.9. The first-order chi connectivity index (χ1) is 14.0. The number of amides is 2. The van der Waals surface area contributed by atoms with Crippen LogP contribution in [0.3, 0.4) is 0 Å². The van der Waals surface area contributed by atoms with Crippen LogP contribution in [0.15, 0.2) is 59.7 Å². The Bertz CT molecular complexity index is 997. The molecule has 2 aromatic carbocycles. The summed E-state index contributed by atoms with van der Waals surface area (Å²) in [5.41, 5.74) is 5.15. The lowest BCUT2D eigenvalue weighted by Crippen LogP contribution is -2.19. The second kappa shape index (κ2) is 9.70. The van der Waals surface area contributed by atoms with Gasteiger partial charge in [-0.25, -0.2) is 5.43 Å². The van der Waals surface area contributed by atoms with E-state index in [0.717, 1.165) is 16.9 Å². The largest absolute Gasteiger partial charge is 0.296 e. The lowest BCUT2D eigenvalue weighted by molar-refractivity contribution is -0.120. The quantitative estimate of drug-likeness (QED) is 0.462. The van der Waals surface area contributed by atoms with Crippen molar-refractivity contribution in [3.05, 3.63) is 76.3 Å². The number of nitrogens with one attached hydrogen (secondary N) is 2. The Kier molecular flexibility index (Phi) is 6.80. The van der Waals surface area contributed by atoms with Gasteiger partial charge >= 0.3 is 0 Å². The molecule has 0 atom stereocenters. The number of nitrogens with zero attached hydrogens (tertiary/aromatic N) is 3. The van der Waals surface area contributed by atoms with Crippen LogP contribution in [0.25, 0.3) is 0 Å². The Morgan fingerprint density at radius 1 is 1.07 bits per heavy atom. The van der Waals surface area contributed by atoms with E-state index >= 15 is 0 Å². The first-order valence-corrected chi connectivity index (χ1v) is 9.93. The summed E-state index contributed by atoms with van der Waals surface area (Å²) in [5.74, 6) is -0.113. The van der Waals surface area contributed by atoms with Crippen molar-refractivity contribution >= 4 is 34.5 Å². The maximum atomic E-state index is 12.1. The molecule has 3 rings (SSSR count). The van der Waals surface area contributed by atoms with Crippen molar-refractivity contribution < 1.29 is 9.59 Å². The van der Waals surface area contributed by atoms with Gasteiger partial charge in [-0.1, -0.05) is 67.6 Å². The third-order valence-corrected chi connectivity index (χ3v) is 4.88. The van der Waals surface area contributed by atoms with Crippen LogP contribution in [-0.2, 0) is 11.2 Å². The summed E-state index contributed by atoms with van der Waals surface area (Å²) in [6.07, 6.45) is 1.62. The Hall–Kier alpha value is -3.39. The van der Waals surface area contributed by atoms with Crippen LogP contribution in [-0.4, -0.2) is 28.2 Å². The van der Waals surface area contributed by atoms with Gasteiger partial charge in [-0.2, -0.15) is 5.10 Å². The van der Waals surface area contributed by atoms with Crippen LogP contribution >= 0.6 is 11.3 Å². The third kappa shape index (κ3) is 6.05. The second-order valence-electron chi connectivity index (χ2n) is 6.61. The van der Waals surface area contributed by atoms with Crippen LogP contribution in [0, 0.1) is 0 Å². The van der Waals surface area contributed by atoms with Crippen molar-refractivity contribution in [2.24, 2.45) is 5.10 Å². The zero-order valence-electron chi connectivity index (χ0n) is 16.1.